The molecule has 150 valence electrons. The van der Waals surface area contributed by atoms with Crippen molar-refractivity contribution in [2.24, 2.45) is 0 Å². The summed E-state index contributed by atoms with van der Waals surface area (Å²) in [6, 6.07) is 12.0. The van der Waals surface area contributed by atoms with Gasteiger partial charge in [-0.1, -0.05) is 36.4 Å². The second kappa shape index (κ2) is 7.51. The number of benzene rings is 2. The number of carboxylic acids is 1. The third-order valence-corrected chi connectivity index (χ3v) is 5.26. The fourth-order valence-corrected chi connectivity index (χ4v) is 3.84. The Morgan fingerprint density at radius 1 is 1.03 bits per heavy atom. The molecule has 0 saturated heterocycles. The molecule has 5 nitrogen and oxygen atoms in total. The van der Waals surface area contributed by atoms with Crippen LogP contribution in [-0.4, -0.2) is 27.1 Å². The molecule has 0 aliphatic heterocycles. The molecule has 1 aliphatic rings. The maximum absolute atomic E-state index is 13.6. The highest BCUT2D eigenvalue weighted by atomic mass is 19.1. The Morgan fingerprint density at radius 3 is 2.10 bits per heavy atom. The molecule has 0 radical (unpaired) electrons. The molecule has 2 aromatic carbocycles. The Balaban J connectivity index is 1.95. The number of aromatic nitrogens is 2. The van der Waals surface area contributed by atoms with Crippen LogP contribution in [0.4, 0.5) is 8.78 Å². The standard InChI is InChI=1S/C23H16F2N2O3/c24-17-6-2-15(3-7-17)23(16-4-8-18(25)9-5-16)11-10-19-20(14-23)27(12-1-13-28)26-21(19)22(29)30/h1-13H,14H2,(H,29,30). The monoisotopic (exact) mass is 406 g/mol. The molecule has 0 amide bonds. The molecule has 0 spiro atoms. The lowest BCUT2D eigenvalue weighted by Crippen LogP contribution is -2.31. The molecule has 1 aliphatic carbocycles. The van der Waals surface area contributed by atoms with Crippen LogP contribution >= 0.6 is 0 Å². The SMILES string of the molecule is O=CC=Cn1nc(C(=O)O)c2c1CC(c1ccc(F)cc1)(c1ccc(F)cc1)C=C2. The quantitative estimate of drug-likeness (QED) is 0.512. The zero-order valence-electron chi connectivity index (χ0n) is 15.6. The maximum Gasteiger partial charge on any atom is 0.357 e. The van der Waals surface area contributed by atoms with E-state index in [4.69, 9.17) is 0 Å². The maximum atomic E-state index is 13.6. The van der Waals surface area contributed by atoms with Gasteiger partial charge in [-0.05, 0) is 41.5 Å². The molecule has 1 heterocycles. The molecule has 4 rings (SSSR count). The summed E-state index contributed by atoms with van der Waals surface area (Å²) in [5, 5.41) is 13.6. The van der Waals surface area contributed by atoms with Gasteiger partial charge in [0.25, 0.3) is 0 Å². The first-order valence-corrected chi connectivity index (χ1v) is 9.12. The molecule has 7 heteroatoms. The number of carboxylic acid groups (broad SMARTS) is 1. The molecule has 0 atom stereocenters. The summed E-state index contributed by atoms with van der Waals surface area (Å²) in [6.45, 7) is 0. The molecule has 1 aromatic heterocycles. The molecular weight excluding hydrogens is 390 g/mol. The summed E-state index contributed by atoms with van der Waals surface area (Å²) in [5.41, 5.74) is 1.56. The third kappa shape index (κ3) is 3.24. The van der Waals surface area contributed by atoms with Crippen molar-refractivity contribution in [1.82, 2.24) is 9.78 Å². The normalized spacial score (nSPS) is 14.6. The predicted molar refractivity (Wildman–Crippen MR) is 107 cm³/mol. The second-order valence-corrected chi connectivity index (χ2v) is 6.93. The van der Waals surface area contributed by atoms with Crippen LogP contribution in [0.25, 0.3) is 12.3 Å². The highest BCUT2D eigenvalue weighted by Crippen LogP contribution is 2.42. The van der Waals surface area contributed by atoms with Crippen molar-refractivity contribution < 1.29 is 23.5 Å². The van der Waals surface area contributed by atoms with E-state index in [-0.39, 0.29) is 23.7 Å². The van der Waals surface area contributed by atoms with Crippen LogP contribution in [0, 0.1) is 11.6 Å². The lowest BCUT2D eigenvalue weighted by Gasteiger charge is -2.35. The summed E-state index contributed by atoms with van der Waals surface area (Å²) in [5.74, 6) is -1.97. The highest BCUT2D eigenvalue weighted by Gasteiger charge is 2.38. The lowest BCUT2D eigenvalue weighted by atomic mass is 9.68. The van der Waals surface area contributed by atoms with Crippen LogP contribution in [0.3, 0.4) is 0 Å². The van der Waals surface area contributed by atoms with Crippen LogP contribution in [0.1, 0.15) is 32.9 Å². The average molecular weight is 406 g/mol. The Hall–Kier alpha value is -3.87. The van der Waals surface area contributed by atoms with Crippen molar-refractivity contribution in [3.8, 4) is 0 Å². The minimum atomic E-state index is -1.19. The summed E-state index contributed by atoms with van der Waals surface area (Å²) >= 11 is 0. The van der Waals surface area contributed by atoms with Crippen LogP contribution in [0.15, 0.2) is 60.7 Å². The van der Waals surface area contributed by atoms with Gasteiger partial charge in [0.05, 0.1) is 5.69 Å². The minimum absolute atomic E-state index is 0.136. The van der Waals surface area contributed by atoms with Gasteiger partial charge in [-0.15, -0.1) is 0 Å². The van der Waals surface area contributed by atoms with E-state index in [9.17, 15) is 23.5 Å². The molecule has 0 fully saturated rings. The number of aldehydes is 1. The van der Waals surface area contributed by atoms with Crippen molar-refractivity contribution in [3.63, 3.8) is 0 Å². The van der Waals surface area contributed by atoms with Gasteiger partial charge in [0.2, 0.25) is 0 Å². The molecule has 1 N–H and O–H groups in total. The van der Waals surface area contributed by atoms with Crippen molar-refractivity contribution >= 4 is 24.5 Å². The van der Waals surface area contributed by atoms with Crippen LogP contribution in [0.5, 0.6) is 0 Å². The van der Waals surface area contributed by atoms with Gasteiger partial charge in [0.1, 0.15) is 17.9 Å². The molecule has 0 saturated carbocycles. The van der Waals surface area contributed by atoms with E-state index in [1.54, 1.807) is 30.3 Å². The molecule has 0 unspecified atom stereocenters. The molecule has 0 bridgehead atoms. The van der Waals surface area contributed by atoms with E-state index in [1.807, 2.05) is 6.08 Å². The van der Waals surface area contributed by atoms with Crippen molar-refractivity contribution in [2.45, 2.75) is 11.8 Å². The number of carbonyl (C=O) groups excluding carboxylic acids is 1. The Labute approximate surface area is 170 Å². The predicted octanol–water partition coefficient (Wildman–Crippen LogP) is 4.08. The van der Waals surface area contributed by atoms with Gasteiger partial charge in [-0.3, -0.25) is 4.79 Å². The number of carbonyl (C=O) groups is 2. The zero-order chi connectivity index (χ0) is 21.3. The van der Waals surface area contributed by atoms with Crippen LogP contribution in [-0.2, 0) is 16.6 Å². The molecule has 3 aromatic rings. The number of hydrogen-bond donors (Lipinski definition) is 1. The van der Waals surface area contributed by atoms with Gasteiger partial charge in [0.15, 0.2) is 5.69 Å². The number of halogens is 2. The Kier molecular flexibility index (Phi) is 4.87. The minimum Gasteiger partial charge on any atom is -0.476 e. The fraction of sp³-hybridized carbons (Fsp3) is 0.0870. The van der Waals surface area contributed by atoms with Gasteiger partial charge in [0, 0.05) is 23.6 Å². The number of fused-ring (bicyclic) bond motifs is 1. The largest absolute Gasteiger partial charge is 0.476 e. The number of hydrogen-bond acceptors (Lipinski definition) is 3. The Bertz CT molecular complexity index is 1130. The van der Waals surface area contributed by atoms with Crippen molar-refractivity contribution in [3.05, 3.63) is 100 Å². The first-order chi connectivity index (χ1) is 14.4. The van der Waals surface area contributed by atoms with Crippen LogP contribution in [0.2, 0.25) is 0 Å². The zero-order valence-corrected chi connectivity index (χ0v) is 15.6. The van der Waals surface area contributed by atoms with E-state index in [1.165, 1.54) is 41.2 Å². The Morgan fingerprint density at radius 2 is 1.60 bits per heavy atom. The molecule has 30 heavy (non-hydrogen) atoms. The van der Waals surface area contributed by atoms with E-state index in [2.05, 4.69) is 5.10 Å². The van der Waals surface area contributed by atoms with E-state index in [0.29, 0.717) is 17.5 Å². The van der Waals surface area contributed by atoms with Crippen molar-refractivity contribution in [2.75, 3.05) is 0 Å². The van der Waals surface area contributed by atoms with Gasteiger partial charge >= 0.3 is 5.97 Å². The van der Waals surface area contributed by atoms with Gasteiger partial charge in [-0.25, -0.2) is 18.3 Å². The smallest absolute Gasteiger partial charge is 0.357 e. The number of nitrogens with zero attached hydrogens (tertiary/aromatic N) is 2. The summed E-state index contributed by atoms with van der Waals surface area (Å²) in [6.07, 6.45) is 6.94. The number of aromatic carboxylic acids is 1. The average Bonchev–Trinajstić information content (AvgIpc) is 3.11. The second-order valence-electron chi connectivity index (χ2n) is 6.93. The summed E-state index contributed by atoms with van der Waals surface area (Å²) in [4.78, 5) is 22.4. The fourth-order valence-electron chi connectivity index (χ4n) is 3.84. The van der Waals surface area contributed by atoms with E-state index in [0.717, 1.165) is 11.1 Å². The third-order valence-electron chi connectivity index (χ3n) is 5.26. The van der Waals surface area contributed by atoms with Gasteiger partial charge in [-0.2, -0.15) is 5.10 Å². The highest BCUT2D eigenvalue weighted by molar-refractivity contribution is 5.91. The summed E-state index contributed by atoms with van der Waals surface area (Å²) < 4.78 is 28.5. The number of allylic oxidation sites excluding steroid dienone is 2. The molecular formula is C23H16F2N2O3. The van der Waals surface area contributed by atoms with E-state index < -0.39 is 11.4 Å². The first-order valence-electron chi connectivity index (χ1n) is 9.12. The first kappa shape index (κ1) is 19.4. The summed E-state index contributed by atoms with van der Waals surface area (Å²) in [7, 11) is 0. The van der Waals surface area contributed by atoms with E-state index >= 15 is 0 Å². The topological polar surface area (TPSA) is 72.2 Å². The lowest BCUT2D eigenvalue weighted by molar-refractivity contribution is -0.104. The van der Waals surface area contributed by atoms with Crippen LogP contribution < -0.4 is 0 Å². The van der Waals surface area contributed by atoms with Gasteiger partial charge < -0.3 is 5.11 Å². The number of rotatable bonds is 5. The van der Waals surface area contributed by atoms with Crippen molar-refractivity contribution in [1.29, 1.82) is 0 Å².